The van der Waals surface area contributed by atoms with Crippen LogP contribution in [0, 0.1) is 0 Å². The van der Waals surface area contributed by atoms with Crippen molar-refractivity contribution in [3.05, 3.63) is 35.9 Å². The van der Waals surface area contributed by atoms with E-state index in [4.69, 9.17) is 5.73 Å². The van der Waals surface area contributed by atoms with Crippen LogP contribution >= 0.6 is 11.8 Å². The number of carbonyl (C=O) groups is 1. The van der Waals surface area contributed by atoms with E-state index < -0.39 is 6.04 Å². The van der Waals surface area contributed by atoms with Crippen LogP contribution in [0.2, 0.25) is 0 Å². The van der Waals surface area contributed by atoms with Crippen LogP contribution in [-0.4, -0.2) is 23.5 Å². The van der Waals surface area contributed by atoms with Gasteiger partial charge in [-0.15, -0.1) is 0 Å². The number of benzene rings is 1. The molecule has 0 heterocycles. The first kappa shape index (κ1) is 12.5. The summed E-state index contributed by atoms with van der Waals surface area (Å²) in [7, 11) is 0. The average Bonchev–Trinajstić information content (AvgIpc) is 3.17. The van der Waals surface area contributed by atoms with Crippen molar-refractivity contribution in [3.63, 3.8) is 0 Å². The summed E-state index contributed by atoms with van der Waals surface area (Å²) < 4.78 is 0.284. The third kappa shape index (κ3) is 3.01. The summed E-state index contributed by atoms with van der Waals surface area (Å²) in [6.07, 6.45) is 4.47. The van der Waals surface area contributed by atoms with Gasteiger partial charge >= 0.3 is 0 Å². The Balaban J connectivity index is 1.88. The summed E-state index contributed by atoms with van der Waals surface area (Å²) >= 11 is 1.83. The van der Waals surface area contributed by atoms with Crippen molar-refractivity contribution < 1.29 is 4.79 Å². The van der Waals surface area contributed by atoms with Gasteiger partial charge in [-0.3, -0.25) is 4.79 Å². The Morgan fingerprint density at radius 2 is 2.12 bits per heavy atom. The summed E-state index contributed by atoms with van der Waals surface area (Å²) in [6, 6.07) is 8.91. The van der Waals surface area contributed by atoms with E-state index in [1.54, 1.807) is 0 Å². The first-order chi connectivity index (χ1) is 8.17. The number of amides is 1. The van der Waals surface area contributed by atoms with E-state index in [-0.39, 0.29) is 10.7 Å². The predicted molar refractivity (Wildman–Crippen MR) is 71.9 cm³/mol. The third-order valence-electron chi connectivity index (χ3n) is 3.27. The summed E-state index contributed by atoms with van der Waals surface area (Å²) in [5.74, 6) is -0.0866. The van der Waals surface area contributed by atoms with Gasteiger partial charge in [0.2, 0.25) is 5.91 Å². The van der Waals surface area contributed by atoms with E-state index in [0.717, 1.165) is 12.1 Å². The maximum atomic E-state index is 11.9. The van der Waals surface area contributed by atoms with Gasteiger partial charge in [-0.1, -0.05) is 30.3 Å². The Bertz CT molecular complexity index is 390. The Labute approximate surface area is 106 Å². The van der Waals surface area contributed by atoms with Crippen molar-refractivity contribution in [1.29, 1.82) is 0 Å². The van der Waals surface area contributed by atoms with E-state index in [1.807, 2.05) is 42.1 Å². The number of nitrogens with one attached hydrogen (secondary N) is 1. The molecule has 1 saturated carbocycles. The zero-order valence-electron chi connectivity index (χ0n) is 9.98. The molecule has 1 amide bonds. The molecule has 0 radical (unpaired) electrons. The molecule has 1 aromatic carbocycles. The molecule has 1 aromatic rings. The molecule has 17 heavy (non-hydrogen) atoms. The number of thioether (sulfide) groups is 1. The summed E-state index contributed by atoms with van der Waals surface area (Å²) in [5, 5.41) is 2.95. The minimum absolute atomic E-state index is 0.0866. The molecular weight excluding hydrogens is 232 g/mol. The molecule has 3 nitrogen and oxygen atoms in total. The number of hydrogen-bond donors (Lipinski definition) is 2. The SMILES string of the molecule is CSC1(CNC(=O)[C@H](N)c2ccccc2)CC1. The second-order valence-electron chi connectivity index (χ2n) is 4.49. The van der Waals surface area contributed by atoms with Gasteiger partial charge in [0, 0.05) is 11.3 Å². The molecule has 3 N–H and O–H groups in total. The second-order valence-corrected chi connectivity index (χ2v) is 5.77. The maximum absolute atomic E-state index is 11.9. The van der Waals surface area contributed by atoms with Crippen LogP contribution in [0.25, 0.3) is 0 Å². The number of carbonyl (C=O) groups excluding carboxylic acids is 1. The Hall–Kier alpha value is -1.00. The molecule has 4 heteroatoms. The van der Waals surface area contributed by atoms with Crippen molar-refractivity contribution in [1.82, 2.24) is 5.32 Å². The molecule has 1 atom stereocenters. The van der Waals surface area contributed by atoms with Crippen LogP contribution < -0.4 is 11.1 Å². The highest BCUT2D eigenvalue weighted by Crippen LogP contribution is 2.46. The first-order valence-corrected chi connectivity index (χ1v) is 7.03. The minimum Gasteiger partial charge on any atom is -0.353 e. The lowest BCUT2D eigenvalue weighted by molar-refractivity contribution is -0.122. The maximum Gasteiger partial charge on any atom is 0.241 e. The van der Waals surface area contributed by atoms with E-state index in [2.05, 4.69) is 11.6 Å². The average molecular weight is 250 g/mol. The lowest BCUT2D eigenvalue weighted by Crippen LogP contribution is -2.38. The van der Waals surface area contributed by atoms with E-state index in [1.165, 1.54) is 12.8 Å². The zero-order chi connectivity index (χ0) is 12.3. The van der Waals surface area contributed by atoms with Gasteiger partial charge in [-0.05, 0) is 24.7 Å². The lowest BCUT2D eigenvalue weighted by atomic mass is 10.1. The van der Waals surface area contributed by atoms with Gasteiger partial charge in [0.15, 0.2) is 0 Å². The van der Waals surface area contributed by atoms with Crippen LogP contribution in [0.3, 0.4) is 0 Å². The summed E-state index contributed by atoms with van der Waals surface area (Å²) in [6.45, 7) is 0.730. The topological polar surface area (TPSA) is 55.1 Å². The van der Waals surface area contributed by atoms with Crippen molar-refractivity contribution >= 4 is 17.7 Å². The van der Waals surface area contributed by atoms with Crippen molar-refractivity contribution in [3.8, 4) is 0 Å². The lowest BCUT2D eigenvalue weighted by Gasteiger charge is -2.16. The molecule has 1 aliphatic rings. The molecule has 0 spiro atoms. The van der Waals surface area contributed by atoms with Gasteiger partial charge < -0.3 is 11.1 Å². The normalized spacial score (nSPS) is 18.5. The molecule has 2 rings (SSSR count). The molecule has 1 fully saturated rings. The first-order valence-electron chi connectivity index (χ1n) is 5.80. The van der Waals surface area contributed by atoms with E-state index in [9.17, 15) is 4.79 Å². The summed E-state index contributed by atoms with van der Waals surface area (Å²) in [4.78, 5) is 11.9. The third-order valence-corrected chi connectivity index (χ3v) is 4.69. The van der Waals surface area contributed by atoms with Crippen molar-refractivity contribution in [2.45, 2.75) is 23.6 Å². The van der Waals surface area contributed by atoms with Gasteiger partial charge in [0.1, 0.15) is 6.04 Å². The fourth-order valence-electron chi connectivity index (χ4n) is 1.76. The molecule has 0 bridgehead atoms. The number of nitrogens with two attached hydrogens (primary N) is 1. The van der Waals surface area contributed by atoms with Gasteiger partial charge in [-0.25, -0.2) is 0 Å². The molecule has 0 saturated heterocycles. The van der Waals surface area contributed by atoms with Crippen LogP contribution in [0.1, 0.15) is 24.4 Å². The summed E-state index contributed by atoms with van der Waals surface area (Å²) in [5.41, 5.74) is 6.77. The largest absolute Gasteiger partial charge is 0.353 e. The second kappa shape index (κ2) is 5.10. The van der Waals surface area contributed by atoms with Crippen LogP contribution in [0.4, 0.5) is 0 Å². The van der Waals surface area contributed by atoms with E-state index in [0.29, 0.717) is 0 Å². The van der Waals surface area contributed by atoms with E-state index >= 15 is 0 Å². The molecule has 0 unspecified atom stereocenters. The van der Waals surface area contributed by atoms with Gasteiger partial charge in [-0.2, -0.15) is 11.8 Å². The molecule has 0 aromatic heterocycles. The van der Waals surface area contributed by atoms with Crippen LogP contribution in [0.5, 0.6) is 0 Å². The fraction of sp³-hybridized carbons (Fsp3) is 0.462. The van der Waals surface area contributed by atoms with Crippen molar-refractivity contribution in [2.24, 2.45) is 5.73 Å². The number of hydrogen-bond acceptors (Lipinski definition) is 3. The van der Waals surface area contributed by atoms with Crippen LogP contribution in [-0.2, 0) is 4.79 Å². The fourth-order valence-corrected chi connectivity index (χ4v) is 2.49. The Kier molecular flexibility index (Phi) is 3.74. The zero-order valence-corrected chi connectivity index (χ0v) is 10.8. The molecule has 92 valence electrons. The Morgan fingerprint density at radius 3 is 2.65 bits per heavy atom. The van der Waals surface area contributed by atoms with Crippen molar-refractivity contribution in [2.75, 3.05) is 12.8 Å². The highest BCUT2D eigenvalue weighted by Gasteiger charge is 2.42. The Morgan fingerprint density at radius 1 is 1.47 bits per heavy atom. The molecular formula is C13H18N2OS. The standard InChI is InChI=1S/C13H18N2OS/c1-17-13(7-8-13)9-15-12(16)11(14)10-5-3-2-4-6-10/h2-6,11H,7-9,14H2,1H3,(H,15,16)/t11-/m1/s1. The monoisotopic (exact) mass is 250 g/mol. The minimum atomic E-state index is -0.561. The van der Waals surface area contributed by atoms with Gasteiger partial charge in [0.25, 0.3) is 0 Å². The highest BCUT2D eigenvalue weighted by molar-refractivity contribution is 8.00. The predicted octanol–water partition coefficient (Wildman–Crippen LogP) is 1.70. The van der Waals surface area contributed by atoms with Crippen LogP contribution in [0.15, 0.2) is 30.3 Å². The quantitative estimate of drug-likeness (QED) is 0.836. The van der Waals surface area contributed by atoms with Gasteiger partial charge in [0.05, 0.1) is 0 Å². The number of rotatable bonds is 5. The highest BCUT2D eigenvalue weighted by atomic mass is 32.2. The smallest absolute Gasteiger partial charge is 0.241 e. The molecule has 1 aliphatic carbocycles. The molecule has 0 aliphatic heterocycles.